The van der Waals surface area contributed by atoms with E-state index in [0.717, 1.165) is 5.56 Å². The molecule has 0 aliphatic rings. The van der Waals surface area contributed by atoms with Gasteiger partial charge in [-0.15, -0.1) is 0 Å². The first-order valence-corrected chi connectivity index (χ1v) is 8.70. The van der Waals surface area contributed by atoms with E-state index < -0.39 is 15.9 Å². The molecule has 0 radical (unpaired) electrons. The van der Waals surface area contributed by atoms with Gasteiger partial charge in [0.15, 0.2) is 0 Å². The van der Waals surface area contributed by atoms with Gasteiger partial charge in [0.1, 0.15) is 6.10 Å². The molecule has 0 aliphatic carbocycles. The molecule has 0 spiro atoms. The first-order valence-electron chi connectivity index (χ1n) is 7.22. The average molecular weight is 324 g/mol. The number of aliphatic hydroxyl groups excluding tert-OH is 1. The fourth-order valence-electron chi connectivity index (χ4n) is 2.39. The Kier molecular flexibility index (Phi) is 4.28. The van der Waals surface area contributed by atoms with Crippen molar-refractivity contribution in [2.24, 2.45) is 0 Å². The molecular weight excluding hydrogens is 308 g/mol. The van der Waals surface area contributed by atoms with E-state index in [-0.39, 0.29) is 9.79 Å². The van der Waals surface area contributed by atoms with Gasteiger partial charge in [-0.2, -0.15) is 0 Å². The molecule has 0 aromatic heterocycles. The van der Waals surface area contributed by atoms with Crippen molar-refractivity contribution in [2.75, 3.05) is 0 Å². The van der Waals surface area contributed by atoms with Crippen LogP contribution in [-0.4, -0.2) is 13.5 Å². The van der Waals surface area contributed by atoms with Gasteiger partial charge in [-0.3, -0.25) is 0 Å². The average Bonchev–Trinajstić information content (AvgIpc) is 2.63. The quantitative estimate of drug-likeness (QED) is 0.798. The van der Waals surface area contributed by atoms with E-state index in [1.165, 1.54) is 12.1 Å². The molecule has 0 saturated heterocycles. The molecule has 1 atom stereocenters. The first kappa shape index (κ1) is 15.5. The van der Waals surface area contributed by atoms with E-state index in [0.29, 0.717) is 5.56 Å². The standard InChI is InChI=1S/C19H16O3S/c20-19(15-7-3-1-4-8-15)16-11-13-18(14-12-16)23(21,22)17-9-5-2-6-10-17/h1-14,19-20H. The zero-order valence-electron chi connectivity index (χ0n) is 12.3. The second-order valence-electron chi connectivity index (χ2n) is 5.20. The summed E-state index contributed by atoms with van der Waals surface area (Å²) in [4.78, 5) is 0.476. The third-order valence-corrected chi connectivity index (χ3v) is 5.46. The Morgan fingerprint density at radius 3 is 1.61 bits per heavy atom. The van der Waals surface area contributed by atoms with Crippen molar-refractivity contribution in [3.63, 3.8) is 0 Å². The van der Waals surface area contributed by atoms with Crippen LogP contribution in [0, 0.1) is 0 Å². The Balaban J connectivity index is 1.91. The van der Waals surface area contributed by atoms with Crippen LogP contribution in [0.1, 0.15) is 17.2 Å². The third kappa shape index (κ3) is 3.18. The topological polar surface area (TPSA) is 54.4 Å². The van der Waals surface area contributed by atoms with Gasteiger partial charge in [-0.1, -0.05) is 60.7 Å². The number of rotatable bonds is 4. The van der Waals surface area contributed by atoms with Gasteiger partial charge in [-0.05, 0) is 35.4 Å². The largest absolute Gasteiger partial charge is 0.384 e. The zero-order chi connectivity index (χ0) is 16.3. The van der Waals surface area contributed by atoms with Gasteiger partial charge in [0.25, 0.3) is 0 Å². The molecule has 3 rings (SSSR count). The summed E-state index contributed by atoms with van der Waals surface area (Å²) in [6, 6.07) is 23.9. The molecule has 0 fully saturated rings. The summed E-state index contributed by atoms with van der Waals surface area (Å²) in [6.45, 7) is 0. The van der Waals surface area contributed by atoms with Gasteiger partial charge < -0.3 is 5.11 Å². The fraction of sp³-hybridized carbons (Fsp3) is 0.0526. The van der Waals surface area contributed by atoms with E-state index >= 15 is 0 Å². The van der Waals surface area contributed by atoms with Gasteiger partial charge >= 0.3 is 0 Å². The van der Waals surface area contributed by atoms with Crippen molar-refractivity contribution in [1.82, 2.24) is 0 Å². The normalized spacial score (nSPS) is 12.7. The Bertz CT molecular complexity index is 871. The Labute approximate surface area is 135 Å². The maximum Gasteiger partial charge on any atom is 0.206 e. The monoisotopic (exact) mass is 324 g/mol. The summed E-state index contributed by atoms with van der Waals surface area (Å²) in [5.41, 5.74) is 1.43. The van der Waals surface area contributed by atoms with Crippen LogP contribution in [0.25, 0.3) is 0 Å². The van der Waals surface area contributed by atoms with Gasteiger partial charge in [-0.25, -0.2) is 8.42 Å². The van der Waals surface area contributed by atoms with E-state index in [1.54, 1.807) is 42.5 Å². The van der Waals surface area contributed by atoms with Crippen LogP contribution in [-0.2, 0) is 9.84 Å². The van der Waals surface area contributed by atoms with Crippen molar-refractivity contribution < 1.29 is 13.5 Å². The molecule has 0 heterocycles. The lowest BCUT2D eigenvalue weighted by Gasteiger charge is -2.12. The second kappa shape index (κ2) is 6.36. The summed E-state index contributed by atoms with van der Waals surface area (Å²) in [5, 5.41) is 10.4. The summed E-state index contributed by atoms with van der Waals surface area (Å²) in [6.07, 6.45) is -0.773. The smallest absolute Gasteiger partial charge is 0.206 e. The maximum atomic E-state index is 12.5. The van der Waals surface area contributed by atoms with Crippen LogP contribution in [0.5, 0.6) is 0 Å². The minimum atomic E-state index is -3.53. The van der Waals surface area contributed by atoms with Crippen molar-refractivity contribution in [3.8, 4) is 0 Å². The lowest BCUT2D eigenvalue weighted by Crippen LogP contribution is -2.03. The SMILES string of the molecule is O=S(=O)(c1ccccc1)c1ccc(C(O)c2ccccc2)cc1. The van der Waals surface area contributed by atoms with E-state index in [1.807, 2.05) is 30.3 Å². The highest BCUT2D eigenvalue weighted by molar-refractivity contribution is 7.91. The third-order valence-electron chi connectivity index (χ3n) is 3.67. The van der Waals surface area contributed by atoms with E-state index in [4.69, 9.17) is 0 Å². The van der Waals surface area contributed by atoms with Crippen LogP contribution >= 0.6 is 0 Å². The summed E-state index contributed by atoms with van der Waals surface area (Å²) >= 11 is 0. The first-order chi connectivity index (χ1) is 11.1. The van der Waals surface area contributed by atoms with Crippen molar-refractivity contribution >= 4 is 9.84 Å². The fourth-order valence-corrected chi connectivity index (χ4v) is 3.67. The van der Waals surface area contributed by atoms with Crippen molar-refractivity contribution in [3.05, 3.63) is 96.1 Å². The number of hydrogen-bond donors (Lipinski definition) is 1. The molecule has 0 amide bonds. The van der Waals surface area contributed by atoms with Crippen LogP contribution in [0.4, 0.5) is 0 Å². The number of hydrogen-bond acceptors (Lipinski definition) is 3. The zero-order valence-corrected chi connectivity index (χ0v) is 13.1. The molecule has 3 nitrogen and oxygen atoms in total. The molecule has 1 unspecified atom stereocenters. The predicted octanol–water partition coefficient (Wildman–Crippen LogP) is 3.60. The lowest BCUT2D eigenvalue weighted by molar-refractivity contribution is 0.220. The Morgan fingerprint density at radius 1 is 0.609 bits per heavy atom. The molecule has 4 heteroatoms. The summed E-state index contributed by atoms with van der Waals surface area (Å²) in [7, 11) is -3.53. The van der Waals surface area contributed by atoms with Crippen LogP contribution in [0.15, 0.2) is 94.7 Å². The highest BCUT2D eigenvalue weighted by Crippen LogP contribution is 2.25. The molecule has 23 heavy (non-hydrogen) atoms. The predicted molar refractivity (Wildman–Crippen MR) is 88.8 cm³/mol. The Morgan fingerprint density at radius 2 is 1.04 bits per heavy atom. The van der Waals surface area contributed by atoms with Crippen LogP contribution in [0.3, 0.4) is 0 Å². The molecule has 1 N–H and O–H groups in total. The minimum absolute atomic E-state index is 0.215. The van der Waals surface area contributed by atoms with Crippen molar-refractivity contribution in [2.45, 2.75) is 15.9 Å². The summed E-state index contributed by atoms with van der Waals surface area (Å²) < 4.78 is 25.0. The molecular formula is C19H16O3S. The molecule has 0 aliphatic heterocycles. The molecule has 3 aromatic rings. The number of sulfone groups is 1. The van der Waals surface area contributed by atoms with Gasteiger partial charge in [0, 0.05) is 0 Å². The molecule has 3 aromatic carbocycles. The van der Waals surface area contributed by atoms with Crippen LogP contribution in [0.2, 0.25) is 0 Å². The van der Waals surface area contributed by atoms with Crippen LogP contribution < -0.4 is 0 Å². The summed E-state index contributed by atoms with van der Waals surface area (Å²) in [5.74, 6) is 0. The Hall–Kier alpha value is -2.43. The highest BCUT2D eigenvalue weighted by Gasteiger charge is 2.18. The molecule has 116 valence electrons. The van der Waals surface area contributed by atoms with Gasteiger partial charge in [0.2, 0.25) is 9.84 Å². The molecule has 0 bridgehead atoms. The van der Waals surface area contributed by atoms with E-state index in [2.05, 4.69) is 0 Å². The minimum Gasteiger partial charge on any atom is -0.384 e. The van der Waals surface area contributed by atoms with E-state index in [9.17, 15) is 13.5 Å². The highest BCUT2D eigenvalue weighted by atomic mass is 32.2. The maximum absolute atomic E-state index is 12.5. The number of aliphatic hydroxyl groups is 1. The molecule has 0 saturated carbocycles. The second-order valence-corrected chi connectivity index (χ2v) is 7.15. The van der Waals surface area contributed by atoms with Crippen molar-refractivity contribution in [1.29, 1.82) is 0 Å². The van der Waals surface area contributed by atoms with Gasteiger partial charge in [0.05, 0.1) is 9.79 Å². The number of benzene rings is 3. The lowest BCUT2D eigenvalue weighted by atomic mass is 10.0.